The van der Waals surface area contributed by atoms with Gasteiger partial charge in [-0.15, -0.1) is 0 Å². The first-order valence-corrected chi connectivity index (χ1v) is 13.1. The number of allylic oxidation sites excluding steroid dienone is 2. The molecule has 37 heavy (non-hydrogen) atoms. The lowest BCUT2D eigenvalue weighted by Crippen LogP contribution is -2.36. The third-order valence-electron chi connectivity index (χ3n) is 6.20. The normalized spacial score (nSPS) is 17.8. The minimum Gasteiger partial charge on any atom is -0.455 e. The average Bonchev–Trinajstić information content (AvgIpc) is 3.55. The Morgan fingerprint density at radius 3 is 2.38 bits per heavy atom. The predicted molar refractivity (Wildman–Crippen MR) is 145 cm³/mol. The molecule has 8 heteroatoms. The highest BCUT2D eigenvalue weighted by atomic mass is 32.2. The number of hydrogen-bond donors (Lipinski definition) is 0. The van der Waals surface area contributed by atoms with Crippen LogP contribution in [0.4, 0.5) is 8.78 Å². The Bertz CT molecular complexity index is 1310. The molecule has 1 saturated heterocycles. The average molecular weight is 520 g/mol. The molecule has 0 atom stereocenters. The van der Waals surface area contributed by atoms with Gasteiger partial charge in [-0.25, -0.2) is 0 Å². The Balaban J connectivity index is 1.30. The molecule has 2 heterocycles. The van der Waals surface area contributed by atoms with Crippen LogP contribution >= 0.6 is 11.8 Å². The maximum absolute atomic E-state index is 12.5. The Kier molecular flexibility index (Phi) is 8.28. The summed E-state index contributed by atoms with van der Waals surface area (Å²) in [5, 5.41) is 8.54. The number of ether oxygens (including phenoxy) is 1. The van der Waals surface area contributed by atoms with Gasteiger partial charge in [0.05, 0.1) is 25.6 Å². The maximum atomic E-state index is 12.5. The summed E-state index contributed by atoms with van der Waals surface area (Å²) in [5.41, 5.74) is 5.72. The summed E-state index contributed by atoms with van der Waals surface area (Å²) in [7, 11) is 0. The molecule has 0 saturated carbocycles. The molecule has 5 nitrogen and oxygen atoms in total. The van der Waals surface area contributed by atoms with E-state index in [1.807, 2.05) is 24.4 Å². The molecule has 0 unspecified atom stereocenters. The van der Waals surface area contributed by atoms with Crippen LogP contribution in [0.1, 0.15) is 24.2 Å². The van der Waals surface area contributed by atoms with Crippen molar-refractivity contribution in [3.63, 3.8) is 0 Å². The highest BCUT2D eigenvalue weighted by Gasteiger charge is 2.25. The van der Waals surface area contributed by atoms with Crippen LogP contribution in [0.2, 0.25) is 0 Å². The lowest BCUT2D eigenvalue weighted by Gasteiger charge is -2.31. The van der Waals surface area contributed by atoms with Crippen LogP contribution in [0.3, 0.4) is 0 Å². The van der Waals surface area contributed by atoms with Crippen LogP contribution < -0.4 is 0 Å². The van der Waals surface area contributed by atoms with E-state index in [0.29, 0.717) is 28.2 Å². The number of hydrogen-bond acceptors (Lipinski definition) is 6. The van der Waals surface area contributed by atoms with E-state index in [1.165, 1.54) is 22.4 Å². The Morgan fingerprint density at radius 2 is 1.62 bits per heavy atom. The zero-order valence-corrected chi connectivity index (χ0v) is 21.0. The van der Waals surface area contributed by atoms with E-state index >= 15 is 0 Å². The van der Waals surface area contributed by atoms with Crippen molar-refractivity contribution in [3.05, 3.63) is 94.9 Å². The van der Waals surface area contributed by atoms with Crippen molar-refractivity contribution in [1.82, 2.24) is 4.90 Å². The molecule has 1 aliphatic carbocycles. The molecular weight excluding hydrogens is 492 g/mol. The van der Waals surface area contributed by atoms with Gasteiger partial charge in [-0.3, -0.25) is 0 Å². The maximum Gasteiger partial charge on any atom is 0.288 e. The molecule has 1 aromatic heterocycles. The molecular formula is C29H27F2N3O2S. The number of benzene rings is 2. The van der Waals surface area contributed by atoms with Crippen molar-refractivity contribution in [2.24, 2.45) is 10.2 Å². The molecule has 0 N–H and O–H groups in total. The molecule has 1 aliphatic heterocycles. The minimum atomic E-state index is -2.44. The largest absolute Gasteiger partial charge is 0.455 e. The van der Waals surface area contributed by atoms with Crippen molar-refractivity contribution >= 4 is 30.3 Å². The SMILES string of the molecule is FC(F)Sc1ccc(-c2ccc(/C=N\N=C/C3=C(N4CCOCC4)C(=C\c4ccccc4)/CC3)o2)cc1. The summed E-state index contributed by atoms with van der Waals surface area (Å²) >= 11 is 0.523. The van der Waals surface area contributed by atoms with Crippen LogP contribution in [0.25, 0.3) is 17.4 Å². The van der Waals surface area contributed by atoms with Crippen molar-refractivity contribution in [1.29, 1.82) is 0 Å². The molecule has 190 valence electrons. The fourth-order valence-corrected chi connectivity index (χ4v) is 4.99. The van der Waals surface area contributed by atoms with E-state index < -0.39 is 5.76 Å². The Labute approximate surface area is 219 Å². The summed E-state index contributed by atoms with van der Waals surface area (Å²) in [6.07, 6.45) is 7.55. The van der Waals surface area contributed by atoms with E-state index in [0.717, 1.165) is 44.7 Å². The summed E-state index contributed by atoms with van der Waals surface area (Å²) < 4.78 is 36.5. The quantitative estimate of drug-likeness (QED) is 0.180. The second-order valence-corrected chi connectivity index (χ2v) is 9.71. The molecule has 2 aliphatic rings. The molecule has 3 aromatic rings. The smallest absolute Gasteiger partial charge is 0.288 e. The zero-order valence-electron chi connectivity index (χ0n) is 20.2. The summed E-state index contributed by atoms with van der Waals surface area (Å²) in [6, 6.07) is 20.9. The number of morpholine rings is 1. The molecule has 0 amide bonds. The summed E-state index contributed by atoms with van der Waals surface area (Å²) in [4.78, 5) is 2.90. The molecule has 0 spiro atoms. The summed E-state index contributed by atoms with van der Waals surface area (Å²) in [5.74, 6) is -1.23. The van der Waals surface area contributed by atoms with Crippen LogP contribution in [0, 0.1) is 0 Å². The fraction of sp³-hybridized carbons (Fsp3) is 0.241. The Hall–Kier alpha value is -3.49. The number of halogens is 2. The van der Waals surface area contributed by atoms with E-state index in [-0.39, 0.29) is 0 Å². The Morgan fingerprint density at radius 1 is 0.865 bits per heavy atom. The lowest BCUT2D eigenvalue weighted by atomic mass is 10.1. The van der Waals surface area contributed by atoms with Gasteiger partial charge >= 0.3 is 0 Å². The second-order valence-electron chi connectivity index (χ2n) is 8.65. The monoisotopic (exact) mass is 519 g/mol. The van der Waals surface area contributed by atoms with Crippen LogP contribution in [-0.4, -0.2) is 49.4 Å². The van der Waals surface area contributed by atoms with Gasteiger partial charge in [0, 0.05) is 29.2 Å². The molecule has 5 rings (SSSR count). The minimum absolute atomic E-state index is 0.515. The van der Waals surface area contributed by atoms with Gasteiger partial charge in [0.2, 0.25) is 0 Å². The van der Waals surface area contributed by atoms with E-state index in [4.69, 9.17) is 9.15 Å². The molecule has 1 fully saturated rings. The highest BCUT2D eigenvalue weighted by molar-refractivity contribution is 7.99. The van der Waals surface area contributed by atoms with Crippen LogP contribution in [-0.2, 0) is 4.74 Å². The number of nitrogens with zero attached hydrogens (tertiary/aromatic N) is 3. The lowest BCUT2D eigenvalue weighted by molar-refractivity contribution is 0.0548. The highest BCUT2D eigenvalue weighted by Crippen LogP contribution is 2.35. The van der Waals surface area contributed by atoms with Crippen molar-refractivity contribution in [2.75, 3.05) is 26.3 Å². The van der Waals surface area contributed by atoms with Gasteiger partial charge in [0.15, 0.2) is 0 Å². The van der Waals surface area contributed by atoms with Crippen molar-refractivity contribution < 1.29 is 17.9 Å². The third kappa shape index (κ3) is 6.64. The van der Waals surface area contributed by atoms with Gasteiger partial charge in [-0.2, -0.15) is 19.0 Å². The standard InChI is InChI=1S/C29H27F2N3O2S/c30-29(31)37-26-11-8-22(9-12-26)27-13-10-25(36-27)20-33-32-19-24-7-6-23(18-21-4-2-1-3-5-21)28(24)34-14-16-35-17-15-34/h1-5,8-13,18-20,29H,6-7,14-17H2/b23-18-,32-19-,33-20-. The van der Waals surface area contributed by atoms with E-state index in [2.05, 4.69) is 45.4 Å². The van der Waals surface area contributed by atoms with E-state index in [9.17, 15) is 8.78 Å². The van der Waals surface area contributed by atoms with Crippen LogP contribution in [0.15, 0.2) is 103 Å². The molecule has 2 aromatic carbocycles. The second kappa shape index (κ2) is 12.2. The number of furan rings is 1. The topological polar surface area (TPSA) is 50.3 Å². The van der Waals surface area contributed by atoms with Gasteiger partial charge in [0.1, 0.15) is 11.5 Å². The van der Waals surface area contributed by atoms with E-state index in [1.54, 1.807) is 30.5 Å². The first kappa shape index (κ1) is 25.2. The summed E-state index contributed by atoms with van der Waals surface area (Å²) in [6.45, 7) is 3.16. The fourth-order valence-electron chi connectivity index (χ4n) is 4.49. The molecule has 0 radical (unpaired) electrons. The zero-order chi connectivity index (χ0) is 25.5. The first-order valence-electron chi connectivity index (χ1n) is 12.2. The van der Waals surface area contributed by atoms with Crippen molar-refractivity contribution in [3.8, 4) is 11.3 Å². The van der Waals surface area contributed by atoms with Gasteiger partial charge in [-0.05, 0) is 59.9 Å². The van der Waals surface area contributed by atoms with Crippen molar-refractivity contribution in [2.45, 2.75) is 23.5 Å². The van der Waals surface area contributed by atoms with Crippen LogP contribution in [0.5, 0.6) is 0 Å². The van der Waals surface area contributed by atoms with Gasteiger partial charge in [-0.1, -0.05) is 54.2 Å². The number of thioether (sulfide) groups is 1. The third-order valence-corrected chi connectivity index (χ3v) is 6.92. The predicted octanol–water partition coefficient (Wildman–Crippen LogP) is 7.13. The van der Waals surface area contributed by atoms with Gasteiger partial charge < -0.3 is 14.1 Å². The molecule has 0 bridgehead atoms. The number of alkyl halides is 2. The first-order chi connectivity index (χ1) is 18.2. The number of rotatable bonds is 8. The van der Waals surface area contributed by atoms with Gasteiger partial charge in [0.25, 0.3) is 5.76 Å².